The summed E-state index contributed by atoms with van der Waals surface area (Å²) in [7, 11) is 1.43. The number of cyclic esters (lactones) is 1. The third-order valence-electron chi connectivity index (χ3n) is 4.55. The number of aromatic hydroxyl groups is 2. The number of phenols is 2. The molecule has 8 heteroatoms. The largest absolute Gasteiger partial charge is 0.508 e. The van der Waals surface area contributed by atoms with Crippen LogP contribution in [0.15, 0.2) is 12.1 Å². The molecule has 150 valence electrons. The molecule has 0 spiro atoms. The van der Waals surface area contributed by atoms with Gasteiger partial charge < -0.3 is 24.4 Å². The molecule has 0 aromatic heterocycles. The second-order valence-corrected chi connectivity index (χ2v) is 7.14. The van der Waals surface area contributed by atoms with Crippen LogP contribution in [-0.2, 0) is 11.2 Å². The van der Waals surface area contributed by atoms with E-state index in [1.165, 1.54) is 13.2 Å². The molecule has 3 rings (SSSR count). The van der Waals surface area contributed by atoms with Crippen molar-refractivity contribution in [3.05, 3.63) is 38.9 Å². The van der Waals surface area contributed by atoms with Crippen LogP contribution in [0.25, 0.3) is 0 Å². The summed E-state index contributed by atoms with van der Waals surface area (Å²) in [6.07, 6.45) is 1.24. The van der Waals surface area contributed by atoms with E-state index in [1.807, 2.05) is 13.8 Å². The molecule has 0 aliphatic carbocycles. The molecule has 0 radical (unpaired) electrons. The summed E-state index contributed by atoms with van der Waals surface area (Å²) in [4.78, 5) is 12.5. The summed E-state index contributed by atoms with van der Waals surface area (Å²) in [6.45, 7) is 3.81. The Labute approximate surface area is 172 Å². The van der Waals surface area contributed by atoms with Gasteiger partial charge in [-0.2, -0.15) is 0 Å². The molecule has 6 nitrogen and oxygen atoms in total. The summed E-state index contributed by atoms with van der Waals surface area (Å²) in [5.74, 6) is -0.491. The zero-order valence-corrected chi connectivity index (χ0v) is 17.1. The second kappa shape index (κ2) is 7.97. The van der Waals surface area contributed by atoms with Gasteiger partial charge in [-0.1, -0.05) is 43.5 Å². The number of phenolic OH excluding ortho intramolecular Hbond substituents is 2. The fourth-order valence-electron chi connectivity index (χ4n) is 3.28. The molecule has 1 heterocycles. The normalized spacial score (nSPS) is 15.3. The summed E-state index contributed by atoms with van der Waals surface area (Å²) in [6, 6.07) is 2.95. The molecule has 1 aliphatic rings. The molecule has 2 N–H and O–H groups in total. The lowest BCUT2D eigenvalue weighted by Gasteiger charge is -2.18. The van der Waals surface area contributed by atoms with Crippen LogP contribution >= 0.6 is 23.2 Å². The van der Waals surface area contributed by atoms with Crippen molar-refractivity contribution in [1.82, 2.24) is 0 Å². The third-order valence-corrected chi connectivity index (χ3v) is 5.29. The average molecular weight is 427 g/mol. The highest BCUT2D eigenvalue weighted by molar-refractivity contribution is 6.39. The van der Waals surface area contributed by atoms with Gasteiger partial charge in [0, 0.05) is 17.2 Å². The standard InChI is InChI=1S/C20H20Cl2O6/c1-4-6-9-7-10(23)8-12(26-3)18(9)28-19-14-13(11(5-2)27-20(14)25)15(21)17(24)16(19)22/h7-8,11,23-24H,4-6H2,1-3H3. The Morgan fingerprint density at radius 3 is 2.46 bits per heavy atom. The van der Waals surface area contributed by atoms with E-state index in [0.29, 0.717) is 29.7 Å². The van der Waals surface area contributed by atoms with Gasteiger partial charge in [0.2, 0.25) is 0 Å². The highest BCUT2D eigenvalue weighted by Gasteiger charge is 2.39. The molecule has 28 heavy (non-hydrogen) atoms. The molecule has 0 fully saturated rings. The number of benzene rings is 2. The topological polar surface area (TPSA) is 85.2 Å². The number of carbonyl (C=O) groups is 1. The second-order valence-electron chi connectivity index (χ2n) is 6.38. The van der Waals surface area contributed by atoms with Crippen molar-refractivity contribution in [2.24, 2.45) is 0 Å². The first kappa shape index (κ1) is 20.4. The quantitative estimate of drug-likeness (QED) is 0.569. The molecular weight excluding hydrogens is 407 g/mol. The summed E-state index contributed by atoms with van der Waals surface area (Å²) < 4.78 is 16.7. The van der Waals surface area contributed by atoms with Crippen LogP contribution < -0.4 is 9.47 Å². The van der Waals surface area contributed by atoms with Crippen molar-refractivity contribution in [3.8, 4) is 28.7 Å². The number of hydrogen-bond donors (Lipinski definition) is 2. The molecular formula is C20H20Cl2O6. The maximum atomic E-state index is 12.5. The molecule has 1 unspecified atom stereocenters. The smallest absolute Gasteiger partial charge is 0.343 e. The summed E-state index contributed by atoms with van der Waals surface area (Å²) in [5, 5.41) is 20.1. The van der Waals surface area contributed by atoms with Crippen LogP contribution in [0, 0.1) is 0 Å². The van der Waals surface area contributed by atoms with Gasteiger partial charge in [-0.3, -0.25) is 0 Å². The van der Waals surface area contributed by atoms with E-state index >= 15 is 0 Å². The maximum Gasteiger partial charge on any atom is 0.343 e. The number of fused-ring (bicyclic) bond motifs is 1. The maximum absolute atomic E-state index is 12.5. The fourth-order valence-corrected chi connectivity index (χ4v) is 3.86. The van der Waals surface area contributed by atoms with Crippen LogP contribution in [-0.4, -0.2) is 23.3 Å². The first-order valence-corrected chi connectivity index (χ1v) is 9.62. The molecule has 0 saturated heterocycles. The van der Waals surface area contributed by atoms with Crippen molar-refractivity contribution >= 4 is 29.2 Å². The molecule has 0 amide bonds. The van der Waals surface area contributed by atoms with Crippen LogP contribution in [0.4, 0.5) is 0 Å². The lowest BCUT2D eigenvalue weighted by Crippen LogP contribution is -2.02. The van der Waals surface area contributed by atoms with E-state index in [2.05, 4.69) is 0 Å². The summed E-state index contributed by atoms with van der Waals surface area (Å²) >= 11 is 12.5. The van der Waals surface area contributed by atoms with Gasteiger partial charge in [0.05, 0.1) is 12.1 Å². The van der Waals surface area contributed by atoms with E-state index in [9.17, 15) is 15.0 Å². The minimum Gasteiger partial charge on any atom is -0.508 e. The highest BCUT2D eigenvalue weighted by atomic mass is 35.5. The molecule has 2 aromatic rings. The Morgan fingerprint density at radius 1 is 1.14 bits per heavy atom. The predicted octanol–water partition coefficient (Wildman–Crippen LogP) is 5.78. The van der Waals surface area contributed by atoms with Gasteiger partial charge in [0.25, 0.3) is 0 Å². The van der Waals surface area contributed by atoms with Gasteiger partial charge in [-0.25, -0.2) is 4.79 Å². The Morgan fingerprint density at radius 2 is 1.86 bits per heavy atom. The average Bonchev–Trinajstić information content (AvgIpc) is 3.01. The fraction of sp³-hybridized carbons (Fsp3) is 0.350. The number of hydrogen-bond acceptors (Lipinski definition) is 6. The van der Waals surface area contributed by atoms with Crippen molar-refractivity contribution < 1.29 is 29.2 Å². The van der Waals surface area contributed by atoms with Crippen molar-refractivity contribution in [1.29, 1.82) is 0 Å². The van der Waals surface area contributed by atoms with Gasteiger partial charge in [-0.05, 0) is 18.9 Å². The van der Waals surface area contributed by atoms with Crippen molar-refractivity contribution in [3.63, 3.8) is 0 Å². The van der Waals surface area contributed by atoms with Crippen LogP contribution in [0.1, 0.15) is 54.3 Å². The van der Waals surface area contributed by atoms with Crippen molar-refractivity contribution in [2.45, 2.75) is 39.2 Å². The monoisotopic (exact) mass is 426 g/mol. The van der Waals surface area contributed by atoms with Gasteiger partial charge in [0.15, 0.2) is 23.0 Å². The Balaban J connectivity index is 2.24. The van der Waals surface area contributed by atoms with Gasteiger partial charge >= 0.3 is 5.97 Å². The number of halogens is 2. The first-order valence-electron chi connectivity index (χ1n) is 8.86. The van der Waals surface area contributed by atoms with E-state index in [4.69, 9.17) is 37.4 Å². The SMILES string of the molecule is CCCc1cc(O)cc(OC)c1Oc1c(Cl)c(O)c(Cl)c2c1C(=O)OC2CC. The molecule has 1 aliphatic heterocycles. The summed E-state index contributed by atoms with van der Waals surface area (Å²) in [5.41, 5.74) is 1.09. The van der Waals surface area contributed by atoms with E-state index < -0.39 is 12.1 Å². The number of methoxy groups -OCH3 is 1. The number of aryl methyl sites for hydroxylation is 1. The number of rotatable bonds is 6. The van der Waals surface area contributed by atoms with Crippen LogP contribution in [0.5, 0.6) is 28.7 Å². The third kappa shape index (κ3) is 3.31. The van der Waals surface area contributed by atoms with Crippen molar-refractivity contribution in [2.75, 3.05) is 7.11 Å². The molecule has 0 saturated carbocycles. The van der Waals surface area contributed by atoms with E-state index in [1.54, 1.807) is 6.07 Å². The van der Waals surface area contributed by atoms with Crippen LogP contribution in [0.3, 0.4) is 0 Å². The lowest BCUT2D eigenvalue weighted by atomic mass is 10.0. The lowest BCUT2D eigenvalue weighted by molar-refractivity contribution is 0.0377. The minimum atomic E-state index is -0.629. The number of ether oxygens (including phenoxy) is 3. The minimum absolute atomic E-state index is 0.0217. The Kier molecular flexibility index (Phi) is 5.82. The number of carbonyl (C=O) groups excluding carboxylic acids is 1. The van der Waals surface area contributed by atoms with Gasteiger partial charge in [0.1, 0.15) is 22.4 Å². The van der Waals surface area contributed by atoms with E-state index in [0.717, 1.165) is 6.42 Å². The Bertz CT molecular complexity index is 941. The zero-order chi connectivity index (χ0) is 20.6. The number of esters is 1. The molecule has 1 atom stereocenters. The van der Waals surface area contributed by atoms with Crippen LogP contribution in [0.2, 0.25) is 10.0 Å². The molecule has 2 aromatic carbocycles. The predicted molar refractivity (Wildman–Crippen MR) is 105 cm³/mol. The van der Waals surface area contributed by atoms with Gasteiger partial charge in [-0.15, -0.1) is 0 Å². The zero-order valence-electron chi connectivity index (χ0n) is 15.6. The first-order chi connectivity index (χ1) is 13.3. The Hall–Kier alpha value is -2.31. The highest BCUT2D eigenvalue weighted by Crippen LogP contribution is 2.53. The van der Waals surface area contributed by atoms with E-state index in [-0.39, 0.29) is 38.6 Å². The molecule has 0 bridgehead atoms.